The molecule has 3 radical (unpaired) electrons. The summed E-state index contributed by atoms with van der Waals surface area (Å²) in [4.78, 5) is 0. The van der Waals surface area contributed by atoms with Crippen molar-refractivity contribution >= 4 is 10.5 Å². The third-order valence-electron chi connectivity index (χ3n) is 7.86. The first-order chi connectivity index (χ1) is 13.5. The molecule has 0 spiro atoms. The quantitative estimate of drug-likeness (QED) is 0.538. The lowest BCUT2D eigenvalue weighted by Crippen LogP contribution is -2.49. The SMILES string of the molecule is Cc1cc([C@H]2CC[C@]3(C)[C@@H](C=CCO)CC[C@]3(O)C2)c(O[Si])c(C)c1C(C)(C)C. The maximum atomic E-state index is 11.7. The lowest BCUT2D eigenvalue weighted by atomic mass is 9.59. The molecule has 0 aromatic heterocycles. The molecule has 0 unspecified atom stereocenters. The van der Waals surface area contributed by atoms with E-state index in [4.69, 9.17) is 4.43 Å². The second kappa shape index (κ2) is 7.86. The molecule has 0 aliphatic heterocycles. The van der Waals surface area contributed by atoms with Gasteiger partial charge in [0.1, 0.15) is 5.75 Å². The fraction of sp³-hybridized carbons (Fsp3) is 0.680. The number of hydrogen-bond donors (Lipinski definition) is 2. The molecule has 2 aliphatic rings. The van der Waals surface area contributed by atoms with Crippen LogP contribution in [0.25, 0.3) is 0 Å². The second-order valence-electron chi connectivity index (χ2n) is 10.6. The fourth-order valence-corrected chi connectivity index (χ4v) is 6.74. The number of aryl methyl sites for hydroxylation is 1. The predicted octanol–water partition coefficient (Wildman–Crippen LogP) is 5.03. The second-order valence-corrected chi connectivity index (χ2v) is 10.8. The van der Waals surface area contributed by atoms with E-state index in [1.165, 1.54) is 22.3 Å². The van der Waals surface area contributed by atoms with Crippen molar-refractivity contribution in [1.82, 2.24) is 0 Å². The Balaban J connectivity index is 1.98. The Morgan fingerprint density at radius 3 is 2.52 bits per heavy atom. The molecule has 29 heavy (non-hydrogen) atoms. The molecular formula is C25H37O3Si. The number of benzene rings is 1. The molecule has 2 aliphatic carbocycles. The van der Waals surface area contributed by atoms with E-state index in [-0.39, 0.29) is 23.4 Å². The average molecular weight is 414 g/mol. The minimum Gasteiger partial charge on any atom is -0.540 e. The molecule has 159 valence electrons. The van der Waals surface area contributed by atoms with Crippen molar-refractivity contribution in [1.29, 1.82) is 0 Å². The molecule has 2 N–H and O–H groups in total. The summed E-state index contributed by atoms with van der Waals surface area (Å²) in [6.45, 7) is 13.4. The Hall–Kier alpha value is -1.10. The molecular weight excluding hydrogens is 376 g/mol. The summed E-state index contributed by atoms with van der Waals surface area (Å²) in [6, 6.07) is 2.29. The van der Waals surface area contributed by atoms with E-state index in [2.05, 4.69) is 64.2 Å². The van der Waals surface area contributed by atoms with Crippen molar-refractivity contribution in [2.45, 2.75) is 90.6 Å². The van der Waals surface area contributed by atoms with Crippen LogP contribution in [-0.4, -0.2) is 32.9 Å². The molecule has 2 saturated carbocycles. The van der Waals surface area contributed by atoms with E-state index in [1.54, 1.807) is 0 Å². The van der Waals surface area contributed by atoms with Crippen molar-refractivity contribution in [2.24, 2.45) is 11.3 Å². The first-order valence-corrected chi connectivity index (χ1v) is 11.4. The fourth-order valence-electron chi connectivity index (χ4n) is 6.47. The van der Waals surface area contributed by atoms with Gasteiger partial charge in [-0.25, -0.2) is 0 Å². The van der Waals surface area contributed by atoms with Crippen molar-refractivity contribution in [3.8, 4) is 5.75 Å². The molecule has 2 fully saturated rings. The zero-order valence-electron chi connectivity index (χ0n) is 18.9. The highest BCUT2D eigenvalue weighted by Gasteiger charge is 2.58. The number of aliphatic hydroxyl groups excluding tert-OH is 1. The van der Waals surface area contributed by atoms with Gasteiger partial charge in [-0.05, 0) is 85.5 Å². The smallest absolute Gasteiger partial charge is 0.341 e. The lowest BCUT2D eigenvalue weighted by Gasteiger charge is -2.49. The summed E-state index contributed by atoms with van der Waals surface area (Å²) < 4.78 is 5.75. The number of hydrogen-bond acceptors (Lipinski definition) is 3. The Bertz CT molecular complexity index is 794. The summed E-state index contributed by atoms with van der Waals surface area (Å²) in [5.74, 6) is 1.54. The normalized spacial score (nSPS) is 32.6. The molecule has 1 aromatic rings. The van der Waals surface area contributed by atoms with Crippen molar-refractivity contribution in [2.75, 3.05) is 6.61 Å². The Labute approximate surface area is 180 Å². The van der Waals surface area contributed by atoms with E-state index >= 15 is 0 Å². The highest BCUT2D eigenvalue weighted by atomic mass is 28.2. The Morgan fingerprint density at radius 2 is 1.93 bits per heavy atom. The monoisotopic (exact) mass is 413 g/mol. The molecule has 3 rings (SSSR count). The van der Waals surface area contributed by atoms with Gasteiger partial charge in [-0.2, -0.15) is 0 Å². The highest BCUT2D eigenvalue weighted by molar-refractivity contribution is 6.00. The maximum Gasteiger partial charge on any atom is 0.341 e. The van der Waals surface area contributed by atoms with Gasteiger partial charge in [0.15, 0.2) is 0 Å². The minimum absolute atomic E-state index is 0.0489. The van der Waals surface area contributed by atoms with Gasteiger partial charge in [0.05, 0.1) is 12.2 Å². The van der Waals surface area contributed by atoms with Gasteiger partial charge in [-0.1, -0.05) is 45.9 Å². The number of rotatable bonds is 4. The Morgan fingerprint density at radius 1 is 1.24 bits per heavy atom. The number of aliphatic hydroxyl groups is 2. The summed E-state index contributed by atoms with van der Waals surface area (Å²) in [6.07, 6.45) is 8.55. The molecule has 0 amide bonds. The van der Waals surface area contributed by atoms with E-state index in [9.17, 15) is 10.2 Å². The Kier molecular flexibility index (Phi) is 6.12. The number of allylic oxidation sites excluding steroid dienone is 1. The first kappa shape index (κ1) is 22.6. The van der Waals surface area contributed by atoms with Crippen LogP contribution in [0.1, 0.15) is 88.0 Å². The van der Waals surface area contributed by atoms with Crippen LogP contribution in [-0.2, 0) is 5.41 Å². The van der Waals surface area contributed by atoms with Gasteiger partial charge in [-0.15, -0.1) is 0 Å². The van der Waals surface area contributed by atoms with Crippen LogP contribution < -0.4 is 4.43 Å². The lowest BCUT2D eigenvalue weighted by molar-refractivity contribution is -0.0985. The van der Waals surface area contributed by atoms with Gasteiger partial charge in [0.2, 0.25) is 0 Å². The van der Waals surface area contributed by atoms with Crippen molar-refractivity contribution in [3.63, 3.8) is 0 Å². The summed E-state index contributed by atoms with van der Waals surface area (Å²) in [7, 11) is 3.33. The topological polar surface area (TPSA) is 49.7 Å². The zero-order valence-corrected chi connectivity index (χ0v) is 19.9. The third-order valence-corrected chi connectivity index (χ3v) is 8.06. The molecule has 0 heterocycles. The van der Waals surface area contributed by atoms with Crippen LogP contribution in [0.3, 0.4) is 0 Å². The zero-order chi connectivity index (χ0) is 21.6. The standard InChI is InChI=1S/C25H37O3Si/c1-16-14-20(22(28-29)17(2)21(16)23(3,4)5)18-9-11-24(6)19(8-7-13-26)10-12-25(24,27)15-18/h7-8,14,18-19,26-27H,9-13,15H2,1-6H3/t18-,19-,24+,25-/m0/s1. The van der Waals surface area contributed by atoms with Crippen LogP contribution in [0.15, 0.2) is 18.2 Å². The van der Waals surface area contributed by atoms with E-state index in [0.717, 1.165) is 37.9 Å². The van der Waals surface area contributed by atoms with Gasteiger partial charge in [0, 0.05) is 5.41 Å². The van der Waals surface area contributed by atoms with Gasteiger partial charge in [-0.3, -0.25) is 0 Å². The summed E-state index contributed by atoms with van der Waals surface area (Å²) in [5, 5.41) is 20.9. The van der Waals surface area contributed by atoms with Gasteiger partial charge < -0.3 is 14.6 Å². The van der Waals surface area contributed by atoms with E-state index in [0.29, 0.717) is 5.92 Å². The molecule has 3 nitrogen and oxygen atoms in total. The first-order valence-electron chi connectivity index (χ1n) is 11.0. The largest absolute Gasteiger partial charge is 0.540 e. The van der Waals surface area contributed by atoms with Crippen LogP contribution in [0.2, 0.25) is 0 Å². The van der Waals surface area contributed by atoms with Crippen LogP contribution in [0.4, 0.5) is 0 Å². The van der Waals surface area contributed by atoms with E-state index in [1.807, 2.05) is 6.08 Å². The van der Waals surface area contributed by atoms with Crippen molar-refractivity contribution in [3.05, 3.63) is 40.5 Å². The van der Waals surface area contributed by atoms with Gasteiger partial charge in [0.25, 0.3) is 0 Å². The molecule has 1 aromatic carbocycles. The van der Waals surface area contributed by atoms with Crippen LogP contribution in [0, 0.1) is 25.2 Å². The van der Waals surface area contributed by atoms with Crippen LogP contribution >= 0.6 is 0 Å². The molecule has 4 heteroatoms. The molecule has 0 saturated heterocycles. The molecule has 4 atom stereocenters. The van der Waals surface area contributed by atoms with Crippen molar-refractivity contribution < 1.29 is 14.6 Å². The minimum atomic E-state index is -0.673. The van der Waals surface area contributed by atoms with Crippen LogP contribution in [0.5, 0.6) is 5.75 Å². The predicted molar refractivity (Wildman–Crippen MR) is 120 cm³/mol. The number of fused-ring (bicyclic) bond motifs is 1. The molecule has 0 bridgehead atoms. The summed E-state index contributed by atoms with van der Waals surface area (Å²) >= 11 is 0. The highest BCUT2D eigenvalue weighted by Crippen LogP contribution is 2.61. The van der Waals surface area contributed by atoms with E-state index < -0.39 is 5.60 Å². The van der Waals surface area contributed by atoms with Gasteiger partial charge >= 0.3 is 10.5 Å². The average Bonchev–Trinajstić information content (AvgIpc) is 2.88. The summed E-state index contributed by atoms with van der Waals surface area (Å²) in [5.41, 5.74) is 4.29. The third kappa shape index (κ3) is 3.73. The maximum absolute atomic E-state index is 11.7.